The van der Waals surface area contributed by atoms with Crippen molar-refractivity contribution in [3.05, 3.63) is 65.7 Å². The van der Waals surface area contributed by atoms with Gasteiger partial charge in [-0.05, 0) is 18.2 Å². The zero-order valence-electron chi connectivity index (χ0n) is 9.10. The molecule has 1 aromatic heterocycles. The van der Waals surface area contributed by atoms with Crippen LogP contribution >= 0.6 is 0 Å². The molecule has 0 fully saturated rings. The van der Waals surface area contributed by atoms with Crippen LogP contribution in [0.1, 0.15) is 11.3 Å². The fraction of sp³-hybridized carbons (Fsp3) is 0.0714. The average Bonchev–Trinajstić information content (AvgIpc) is 2.30. The number of halogens is 1. The summed E-state index contributed by atoms with van der Waals surface area (Å²) in [5, 5.41) is 0. The highest BCUT2D eigenvalue weighted by Crippen LogP contribution is 2.09. The molecule has 0 aliphatic carbocycles. The smallest absolute Gasteiger partial charge is 0.204 e. The third kappa shape index (κ3) is 2.34. The Kier molecular flexibility index (Phi) is 3.10. The SMILES string of the molecule is C[n+]1ccccc1/C=C/c1ccccc1F. The van der Waals surface area contributed by atoms with Gasteiger partial charge in [-0.1, -0.05) is 18.2 Å². The van der Waals surface area contributed by atoms with Crippen molar-refractivity contribution in [2.75, 3.05) is 0 Å². The van der Waals surface area contributed by atoms with Gasteiger partial charge in [-0.15, -0.1) is 0 Å². The molecule has 0 saturated carbocycles. The predicted octanol–water partition coefficient (Wildman–Crippen LogP) is 2.82. The highest BCUT2D eigenvalue weighted by atomic mass is 19.1. The number of aryl methyl sites for hydroxylation is 1. The molecular formula is C14H13FN+. The Balaban J connectivity index is 2.29. The Morgan fingerprint density at radius 2 is 1.75 bits per heavy atom. The highest BCUT2D eigenvalue weighted by Gasteiger charge is 2.00. The summed E-state index contributed by atoms with van der Waals surface area (Å²) in [6.45, 7) is 0. The minimum absolute atomic E-state index is 0.197. The van der Waals surface area contributed by atoms with Gasteiger partial charge in [0, 0.05) is 23.8 Å². The van der Waals surface area contributed by atoms with Gasteiger partial charge in [0.2, 0.25) is 5.69 Å². The molecule has 0 aliphatic heterocycles. The Labute approximate surface area is 94.5 Å². The van der Waals surface area contributed by atoms with Gasteiger partial charge in [0.15, 0.2) is 6.20 Å². The van der Waals surface area contributed by atoms with E-state index >= 15 is 0 Å². The van der Waals surface area contributed by atoms with Crippen molar-refractivity contribution in [2.45, 2.75) is 0 Å². The van der Waals surface area contributed by atoms with Crippen LogP contribution in [0.3, 0.4) is 0 Å². The van der Waals surface area contributed by atoms with Gasteiger partial charge in [-0.2, -0.15) is 0 Å². The first kappa shape index (κ1) is 10.6. The van der Waals surface area contributed by atoms with Crippen LogP contribution in [0.4, 0.5) is 4.39 Å². The van der Waals surface area contributed by atoms with E-state index in [0.717, 1.165) is 5.69 Å². The second-order valence-corrected chi connectivity index (χ2v) is 3.59. The molecule has 0 bridgehead atoms. The van der Waals surface area contributed by atoms with Crippen LogP contribution in [0, 0.1) is 5.82 Å². The van der Waals surface area contributed by atoms with Crippen molar-refractivity contribution in [2.24, 2.45) is 7.05 Å². The lowest BCUT2D eigenvalue weighted by Crippen LogP contribution is -2.30. The van der Waals surface area contributed by atoms with Crippen LogP contribution in [0.15, 0.2) is 48.7 Å². The van der Waals surface area contributed by atoms with Gasteiger partial charge in [0.25, 0.3) is 0 Å². The molecule has 2 heteroatoms. The van der Waals surface area contributed by atoms with Gasteiger partial charge in [-0.25, -0.2) is 8.96 Å². The first-order chi connectivity index (χ1) is 7.77. The lowest BCUT2D eigenvalue weighted by Gasteiger charge is -1.95. The third-order valence-electron chi connectivity index (χ3n) is 2.43. The van der Waals surface area contributed by atoms with E-state index < -0.39 is 0 Å². The van der Waals surface area contributed by atoms with Gasteiger partial charge in [-0.3, -0.25) is 0 Å². The molecule has 0 spiro atoms. The van der Waals surface area contributed by atoms with Crippen LogP contribution < -0.4 is 4.57 Å². The molecule has 0 radical (unpaired) electrons. The Bertz CT molecular complexity index is 470. The van der Waals surface area contributed by atoms with Crippen LogP contribution in [0.5, 0.6) is 0 Å². The fourth-order valence-corrected chi connectivity index (χ4v) is 1.50. The number of rotatable bonds is 2. The average molecular weight is 214 g/mol. The summed E-state index contributed by atoms with van der Waals surface area (Å²) in [6, 6.07) is 12.6. The normalized spacial score (nSPS) is 10.9. The van der Waals surface area contributed by atoms with E-state index in [9.17, 15) is 4.39 Å². The second-order valence-electron chi connectivity index (χ2n) is 3.59. The Hall–Kier alpha value is -1.96. The second kappa shape index (κ2) is 4.71. The minimum Gasteiger partial charge on any atom is -0.206 e. The number of hydrogen-bond acceptors (Lipinski definition) is 0. The number of benzene rings is 1. The molecule has 0 atom stereocenters. The van der Waals surface area contributed by atoms with Crippen LogP contribution in [-0.4, -0.2) is 0 Å². The van der Waals surface area contributed by atoms with Crippen LogP contribution in [0.2, 0.25) is 0 Å². The molecule has 0 N–H and O–H groups in total. The van der Waals surface area contributed by atoms with Gasteiger partial charge in [0.05, 0.1) is 0 Å². The first-order valence-electron chi connectivity index (χ1n) is 5.14. The fourth-order valence-electron chi connectivity index (χ4n) is 1.50. The lowest BCUT2D eigenvalue weighted by molar-refractivity contribution is -0.673. The largest absolute Gasteiger partial charge is 0.206 e. The van der Waals surface area contributed by atoms with Gasteiger partial charge < -0.3 is 0 Å². The van der Waals surface area contributed by atoms with E-state index in [4.69, 9.17) is 0 Å². The molecule has 2 rings (SSSR count). The summed E-state index contributed by atoms with van der Waals surface area (Å²) in [5.41, 5.74) is 1.64. The van der Waals surface area contributed by atoms with Crippen molar-refractivity contribution < 1.29 is 8.96 Å². The third-order valence-corrected chi connectivity index (χ3v) is 2.43. The number of nitrogens with zero attached hydrogens (tertiary/aromatic N) is 1. The molecule has 1 heterocycles. The molecule has 1 aromatic carbocycles. The quantitative estimate of drug-likeness (QED) is 0.677. The summed E-state index contributed by atoms with van der Waals surface area (Å²) in [4.78, 5) is 0. The maximum atomic E-state index is 13.3. The molecule has 1 nitrogen and oxygen atoms in total. The summed E-state index contributed by atoms with van der Waals surface area (Å²) in [6.07, 6.45) is 5.64. The van der Waals surface area contributed by atoms with E-state index in [0.29, 0.717) is 5.56 Å². The molecule has 2 aromatic rings. The predicted molar refractivity (Wildman–Crippen MR) is 62.9 cm³/mol. The maximum absolute atomic E-state index is 13.3. The minimum atomic E-state index is -0.197. The van der Waals surface area contributed by atoms with Crippen molar-refractivity contribution in [1.82, 2.24) is 0 Å². The van der Waals surface area contributed by atoms with E-state index in [2.05, 4.69) is 0 Å². The molecule has 0 aliphatic rings. The topological polar surface area (TPSA) is 3.88 Å². The monoisotopic (exact) mass is 214 g/mol. The lowest BCUT2D eigenvalue weighted by atomic mass is 10.2. The molecule has 0 saturated heterocycles. The van der Waals surface area contributed by atoms with Gasteiger partial charge >= 0.3 is 0 Å². The summed E-state index contributed by atoms with van der Waals surface area (Å²) in [5.74, 6) is -0.197. The van der Waals surface area contributed by atoms with E-state index in [-0.39, 0.29) is 5.82 Å². The van der Waals surface area contributed by atoms with Crippen molar-refractivity contribution in [3.8, 4) is 0 Å². The molecule has 16 heavy (non-hydrogen) atoms. The molecular weight excluding hydrogens is 201 g/mol. The zero-order valence-corrected chi connectivity index (χ0v) is 9.10. The standard InChI is InChI=1S/C14H13FN/c1-16-11-5-4-7-13(16)10-9-12-6-2-3-8-14(12)15/h2-11H,1H3/q+1/b10-9+. The van der Waals surface area contributed by atoms with Crippen LogP contribution in [0.25, 0.3) is 12.2 Å². The highest BCUT2D eigenvalue weighted by molar-refractivity contribution is 5.67. The van der Waals surface area contributed by atoms with Crippen molar-refractivity contribution >= 4 is 12.2 Å². The summed E-state index contributed by atoms with van der Waals surface area (Å²) in [7, 11) is 1.96. The molecule has 0 unspecified atom stereocenters. The molecule has 80 valence electrons. The summed E-state index contributed by atoms with van der Waals surface area (Å²) < 4.78 is 15.3. The van der Waals surface area contributed by atoms with E-state index in [1.54, 1.807) is 18.2 Å². The van der Waals surface area contributed by atoms with E-state index in [1.165, 1.54) is 6.07 Å². The summed E-state index contributed by atoms with van der Waals surface area (Å²) >= 11 is 0. The molecule has 0 amide bonds. The van der Waals surface area contributed by atoms with Crippen molar-refractivity contribution in [3.63, 3.8) is 0 Å². The first-order valence-corrected chi connectivity index (χ1v) is 5.14. The Morgan fingerprint density at radius 3 is 2.50 bits per heavy atom. The zero-order chi connectivity index (χ0) is 11.4. The number of hydrogen-bond donors (Lipinski definition) is 0. The Morgan fingerprint density at radius 1 is 1.00 bits per heavy atom. The van der Waals surface area contributed by atoms with Crippen molar-refractivity contribution in [1.29, 1.82) is 0 Å². The van der Waals surface area contributed by atoms with Gasteiger partial charge in [0.1, 0.15) is 12.9 Å². The van der Waals surface area contributed by atoms with E-state index in [1.807, 2.05) is 48.2 Å². The number of pyridine rings is 1. The number of aromatic nitrogens is 1. The maximum Gasteiger partial charge on any atom is 0.204 e. The van der Waals surface area contributed by atoms with Crippen LogP contribution in [-0.2, 0) is 7.05 Å².